The maximum Gasteiger partial charge on any atom is 0.410 e. The Bertz CT molecular complexity index is 1780. The number of ether oxygens (including phenoxy) is 1. The maximum atomic E-state index is 15.0. The van der Waals surface area contributed by atoms with Gasteiger partial charge in [0.1, 0.15) is 18.1 Å². The van der Waals surface area contributed by atoms with Gasteiger partial charge in [0.05, 0.1) is 29.5 Å². The molecule has 2 fully saturated rings. The number of nitrogens with zero attached hydrogens (tertiary/aromatic N) is 5. The molecule has 9 nitrogen and oxygen atoms in total. The number of benzene rings is 1. The highest BCUT2D eigenvalue weighted by atomic mass is 32.2. The van der Waals surface area contributed by atoms with Crippen molar-refractivity contribution >= 4 is 27.1 Å². The van der Waals surface area contributed by atoms with E-state index in [1.807, 2.05) is 6.92 Å². The Hall–Kier alpha value is -4.00. The van der Waals surface area contributed by atoms with Gasteiger partial charge < -0.3 is 9.64 Å². The Morgan fingerprint density at radius 1 is 1.09 bits per heavy atom. The first-order chi connectivity index (χ1) is 20.6. The first-order valence-electron chi connectivity index (χ1n) is 14.2. The highest BCUT2D eigenvalue weighted by molar-refractivity contribution is 7.90. The number of hydrogen-bond donors (Lipinski definition) is 0. The van der Waals surface area contributed by atoms with Crippen molar-refractivity contribution in [3.05, 3.63) is 71.8 Å². The fraction of sp³-hybridized carbons (Fsp3) is 0.400. The normalized spacial score (nSPS) is 20.9. The van der Waals surface area contributed by atoms with Crippen LogP contribution in [-0.2, 0) is 21.2 Å². The predicted octanol–water partition coefficient (Wildman–Crippen LogP) is 5.60. The van der Waals surface area contributed by atoms with Crippen LogP contribution in [0.3, 0.4) is 0 Å². The van der Waals surface area contributed by atoms with Crippen LogP contribution >= 0.6 is 0 Å². The van der Waals surface area contributed by atoms with Gasteiger partial charge in [-0.3, -0.25) is 0 Å². The maximum absolute atomic E-state index is 15.0. The topological polar surface area (TPSA) is 107 Å². The fourth-order valence-corrected chi connectivity index (χ4v) is 7.15. The van der Waals surface area contributed by atoms with Crippen molar-refractivity contribution in [2.45, 2.75) is 62.6 Å². The van der Waals surface area contributed by atoms with Crippen LogP contribution in [0, 0.1) is 24.5 Å². The van der Waals surface area contributed by atoms with Crippen LogP contribution in [-0.4, -0.2) is 63.7 Å². The molecule has 43 heavy (non-hydrogen) atoms. The number of fused-ring (bicyclic) bond motifs is 1. The smallest absolute Gasteiger partial charge is 0.410 e. The molecule has 1 aliphatic carbocycles. The zero-order valence-electron chi connectivity index (χ0n) is 23.4. The third-order valence-corrected chi connectivity index (χ3v) is 9.75. The minimum Gasteiger partial charge on any atom is -0.446 e. The number of amides is 1. The summed E-state index contributed by atoms with van der Waals surface area (Å²) in [5.41, 5.74) is 1.17. The zero-order valence-corrected chi connectivity index (χ0v) is 24.2. The molecule has 1 aliphatic heterocycles. The minimum atomic E-state index is -4.11. The largest absolute Gasteiger partial charge is 0.446 e. The summed E-state index contributed by atoms with van der Waals surface area (Å²) in [5, 5.41) is 0.162. The van der Waals surface area contributed by atoms with E-state index in [9.17, 15) is 26.4 Å². The number of aromatic nitrogens is 4. The summed E-state index contributed by atoms with van der Waals surface area (Å²) in [7, 11) is -4.11. The number of likely N-dealkylation sites (tertiary alicyclic amines) is 1. The zero-order chi connectivity index (χ0) is 30.3. The number of pyridine rings is 1. The van der Waals surface area contributed by atoms with Crippen molar-refractivity contribution < 1.29 is 31.1 Å². The molecule has 3 atom stereocenters. The van der Waals surface area contributed by atoms with Gasteiger partial charge in [-0.25, -0.2) is 45.3 Å². The van der Waals surface area contributed by atoms with Gasteiger partial charge in [0.25, 0.3) is 10.0 Å². The van der Waals surface area contributed by atoms with E-state index in [0.29, 0.717) is 25.8 Å². The van der Waals surface area contributed by atoms with Gasteiger partial charge in [0, 0.05) is 23.7 Å². The molecule has 0 unspecified atom stereocenters. The van der Waals surface area contributed by atoms with Gasteiger partial charge in [0.15, 0.2) is 17.3 Å². The summed E-state index contributed by atoms with van der Waals surface area (Å²) in [4.78, 5) is 26.5. The average Bonchev–Trinajstić information content (AvgIpc) is 3.59. The van der Waals surface area contributed by atoms with Crippen molar-refractivity contribution in [1.29, 1.82) is 0 Å². The van der Waals surface area contributed by atoms with E-state index in [0.717, 1.165) is 40.8 Å². The first-order valence-corrected chi connectivity index (χ1v) is 15.6. The Kier molecular flexibility index (Phi) is 7.84. The van der Waals surface area contributed by atoms with E-state index in [1.165, 1.54) is 23.2 Å². The van der Waals surface area contributed by atoms with Crippen molar-refractivity contribution in [1.82, 2.24) is 23.8 Å². The van der Waals surface area contributed by atoms with Gasteiger partial charge in [0.2, 0.25) is 0 Å². The third-order valence-electron chi connectivity index (χ3n) is 8.09. The average molecular weight is 614 g/mol. The van der Waals surface area contributed by atoms with Crippen molar-refractivity contribution in [2.24, 2.45) is 5.92 Å². The lowest BCUT2D eigenvalue weighted by Crippen LogP contribution is -2.35. The Labute approximate surface area is 246 Å². The van der Waals surface area contributed by atoms with Gasteiger partial charge >= 0.3 is 6.09 Å². The number of hydrogen-bond acceptors (Lipinski definition) is 7. The van der Waals surface area contributed by atoms with E-state index >= 15 is 0 Å². The SMILES string of the molecule is Cc1ccc(S(=O)(=O)n2cc(-c3ncc(F)c(C[C@H]4CCC[C@@H](OC(=O)N5CC[C@@H](F)C5)C4)n3)c3cc(F)cnc32)cc1. The molecule has 1 amide bonds. The van der Waals surface area contributed by atoms with Crippen LogP contribution in [0.2, 0.25) is 0 Å². The predicted molar refractivity (Wildman–Crippen MR) is 151 cm³/mol. The first kappa shape index (κ1) is 29.1. The van der Waals surface area contributed by atoms with Gasteiger partial charge in [-0.1, -0.05) is 17.7 Å². The number of rotatable bonds is 6. The number of carbonyl (C=O) groups is 1. The second-order valence-electron chi connectivity index (χ2n) is 11.2. The van der Waals surface area contributed by atoms with Crippen LogP contribution < -0.4 is 0 Å². The molecule has 4 aromatic rings. The molecule has 13 heteroatoms. The lowest BCUT2D eigenvalue weighted by molar-refractivity contribution is 0.0371. The minimum absolute atomic E-state index is 0.0135. The van der Waals surface area contributed by atoms with Crippen LogP contribution in [0.15, 0.2) is 53.8 Å². The Morgan fingerprint density at radius 2 is 1.88 bits per heavy atom. The lowest BCUT2D eigenvalue weighted by atomic mass is 9.84. The molecular formula is C30H30F3N5O4S. The lowest BCUT2D eigenvalue weighted by Gasteiger charge is -2.30. The van der Waals surface area contributed by atoms with Crippen LogP contribution in [0.5, 0.6) is 0 Å². The van der Waals surface area contributed by atoms with E-state index in [2.05, 4.69) is 15.0 Å². The standard InChI is InChI=1S/C30H30F3N5O4S/c1-18-5-7-23(8-6-18)43(40,41)38-17-25(24-13-21(32)14-35-29(24)38)28-34-15-26(33)27(36-28)12-19-3-2-4-22(11-19)42-30(39)37-10-9-20(31)16-37/h5-8,13-15,17,19-20,22H,2-4,9-12,16H2,1H3/t19-,20+,22+/m0/s1. The molecule has 4 heterocycles. The quantitative estimate of drug-likeness (QED) is 0.279. The number of carbonyl (C=O) groups excluding carboxylic acids is 1. The molecule has 0 spiro atoms. The summed E-state index contributed by atoms with van der Waals surface area (Å²) in [6, 6.07) is 7.44. The molecule has 0 radical (unpaired) electrons. The molecule has 2 aliphatic rings. The Morgan fingerprint density at radius 3 is 2.63 bits per heavy atom. The highest BCUT2D eigenvalue weighted by Gasteiger charge is 2.32. The van der Waals surface area contributed by atoms with E-state index in [1.54, 1.807) is 12.1 Å². The van der Waals surface area contributed by atoms with Crippen molar-refractivity contribution in [3.8, 4) is 11.4 Å². The number of aryl methyl sites for hydroxylation is 1. The van der Waals surface area contributed by atoms with Crippen LogP contribution in [0.25, 0.3) is 22.4 Å². The molecule has 3 aromatic heterocycles. The molecule has 1 saturated heterocycles. The second kappa shape index (κ2) is 11.6. The van der Waals surface area contributed by atoms with Crippen LogP contribution in [0.4, 0.5) is 18.0 Å². The van der Waals surface area contributed by atoms with E-state index < -0.39 is 33.9 Å². The summed E-state index contributed by atoms with van der Waals surface area (Å²) in [6.07, 6.45) is 4.53. The molecule has 1 saturated carbocycles. The second-order valence-corrected chi connectivity index (χ2v) is 13.1. The Balaban J connectivity index is 1.27. The molecular weight excluding hydrogens is 583 g/mol. The number of halogens is 3. The molecule has 0 N–H and O–H groups in total. The van der Waals surface area contributed by atoms with Gasteiger partial charge in [-0.05, 0) is 69.6 Å². The molecule has 226 valence electrons. The summed E-state index contributed by atoms with van der Waals surface area (Å²) in [6.45, 7) is 2.20. The fourth-order valence-electron chi connectivity index (χ4n) is 5.82. The number of alkyl halides is 1. The monoisotopic (exact) mass is 613 g/mol. The van der Waals surface area contributed by atoms with E-state index in [-0.39, 0.29) is 58.0 Å². The molecule has 1 aromatic carbocycles. The van der Waals surface area contributed by atoms with Crippen LogP contribution in [0.1, 0.15) is 43.4 Å². The third kappa shape index (κ3) is 5.95. The van der Waals surface area contributed by atoms with Crippen molar-refractivity contribution in [3.63, 3.8) is 0 Å². The summed E-state index contributed by atoms with van der Waals surface area (Å²) < 4.78 is 76.5. The van der Waals surface area contributed by atoms with E-state index in [4.69, 9.17) is 4.74 Å². The summed E-state index contributed by atoms with van der Waals surface area (Å²) >= 11 is 0. The molecule has 0 bridgehead atoms. The molecule has 6 rings (SSSR count). The summed E-state index contributed by atoms with van der Waals surface area (Å²) in [5.74, 6) is -1.33. The van der Waals surface area contributed by atoms with Crippen molar-refractivity contribution in [2.75, 3.05) is 13.1 Å². The van der Waals surface area contributed by atoms with Gasteiger partial charge in [-0.15, -0.1) is 0 Å². The highest BCUT2D eigenvalue weighted by Crippen LogP contribution is 2.33. The van der Waals surface area contributed by atoms with Gasteiger partial charge in [-0.2, -0.15) is 0 Å².